The second-order valence-corrected chi connectivity index (χ2v) is 2.80. The van der Waals surface area contributed by atoms with Gasteiger partial charge in [-0.3, -0.25) is 0 Å². The molecule has 2 nitrogen and oxygen atoms in total. The highest BCUT2D eigenvalue weighted by Gasteiger charge is 2.01. The fourth-order valence-electron chi connectivity index (χ4n) is 1.05. The Kier molecular flexibility index (Phi) is 1.66. The molecule has 2 heterocycles. The molecule has 0 amide bonds. The molecule has 0 aliphatic heterocycles. The van der Waals surface area contributed by atoms with Crippen LogP contribution in [0.1, 0.15) is 5.56 Å². The molecule has 0 unspecified atom stereocenters. The van der Waals surface area contributed by atoms with Gasteiger partial charge in [0, 0.05) is 16.9 Å². The van der Waals surface area contributed by atoms with E-state index in [1.165, 1.54) is 5.56 Å². The summed E-state index contributed by atoms with van der Waals surface area (Å²) in [5.74, 6) is 0. The van der Waals surface area contributed by atoms with E-state index in [1.54, 1.807) is 12.5 Å². The fourth-order valence-corrected chi connectivity index (χ4v) is 1.54. The van der Waals surface area contributed by atoms with Gasteiger partial charge in [0.15, 0.2) is 0 Å². The summed E-state index contributed by atoms with van der Waals surface area (Å²) in [4.78, 5) is 4.06. The Morgan fingerprint density at radius 1 is 1.45 bits per heavy atom. The van der Waals surface area contributed by atoms with Crippen LogP contribution in [0.25, 0.3) is 11.1 Å². The highest BCUT2D eigenvalue weighted by Crippen LogP contribution is 2.19. The third kappa shape index (κ3) is 1.05. The molecule has 0 radical (unpaired) electrons. The van der Waals surface area contributed by atoms with Crippen molar-refractivity contribution in [3.63, 3.8) is 0 Å². The van der Waals surface area contributed by atoms with Gasteiger partial charge in [0.1, 0.15) is 0 Å². The molecule has 0 N–H and O–H groups in total. The standard InChI is InChI=1S/C8H6BrNO/c9-5-6-1-3-10-8-7(6)2-4-11-8/h1-4H,5H2. The molecule has 0 aliphatic rings. The van der Waals surface area contributed by atoms with Crippen LogP contribution < -0.4 is 0 Å². The van der Waals surface area contributed by atoms with Crippen LogP contribution in [0.5, 0.6) is 0 Å². The summed E-state index contributed by atoms with van der Waals surface area (Å²) in [6, 6.07) is 3.91. The Bertz CT molecular complexity index is 369. The van der Waals surface area contributed by atoms with Gasteiger partial charge in [0.05, 0.1) is 6.26 Å². The molecule has 2 aromatic heterocycles. The number of hydrogen-bond donors (Lipinski definition) is 0. The second-order valence-electron chi connectivity index (χ2n) is 2.24. The maximum atomic E-state index is 5.13. The minimum atomic E-state index is 0.710. The van der Waals surface area contributed by atoms with E-state index in [-0.39, 0.29) is 0 Å². The zero-order chi connectivity index (χ0) is 7.68. The van der Waals surface area contributed by atoms with Crippen molar-refractivity contribution in [1.29, 1.82) is 0 Å². The van der Waals surface area contributed by atoms with Crippen molar-refractivity contribution in [1.82, 2.24) is 4.98 Å². The van der Waals surface area contributed by atoms with Crippen LogP contribution in [-0.4, -0.2) is 4.98 Å². The first kappa shape index (κ1) is 6.85. The largest absolute Gasteiger partial charge is 0.446 e. The average molecular weight is 212 g/mol. The van der Waals surface area contributed by atoms with Crippen LogP contribution in [0.15, 0.2) is 29.0 Å². The quantitative estimate of drug-likeness (QED) is 0.679. The maximum absolute atomic E-state index is 5.13. The lowest BCUT2D eigenvalue weighted by molar-refractivity contribution is 0.603. The topological polar surface area (TPSA) is 26.0 Å². The molecule has 0 fully saturated rings. The Labute approximate surface area is 72.4 Å². The molecule has 11 heavy (non-hydrogen) atoms. The predicted molar refractivity (Wildman–Crippen MR) is 46.6 cm³/mol. The first-order valence-corrected chi connectivity index (χ1v) is 4.41. The fraction of sp³-hybridized carbons (Fsp3) is 0.125. The summed E-state index contributed by atoms with van der Waals surface area (Å²) >= 11 is 3.39. The zero-order valence-electron chi connectivity index (χ0n) is 5.75. The van der Waals surface area contributed by atoms with Gasteiger partial charge >= 0.3 is 0 Å². The third-order valence-electron chi connectivity index (χ3n) is 1.60. The van der Waals surface area contributed by atoms with E-state index >= 15 is 0 Å². The van der Waals surface area contributed by atoms with Crippen molar-refractivity contribution in [3.8, 4) is 0 Å². The van der Waals surface area contributed by atoms with Crippen LogP contribution in [0.3, 0.4) is 0 Å². The molecule has 3 heteroatoms. The normalized spacial score (nSPS) is 10.6. The molecule has 0 saturated carbocycles. The van der Waals surface area contributed by atoms with Crippen LogP contribution in [-0.2, 0) is 5.33 Å². The molecule has 2 aromatic rings. The number of halogens is 1. The SMILES string of the molecule is BrCc1ccnc2occc12. The molecule has 0 spiro atoms. The minimum Gasteiger partial charge on any atom is -0.446 e. The highest BCUT2D eigenvalue weighted by molar-refractivity contribution is 9.08. The Morgan fingerprint density at radius 2 is 2.36 bits per heavy atom. The summed E-state index contributed by atoms with van der Waals surface area (Å²) in [6.45, 7) is 0. The van der Waals surface area contributed by atoms with Crippen molar-refractivity contribution < 1.29 is 4.42 Å². The average Bonchev–Trinajstić information content (AvgIpc) is 2.50. The van der Waals surface area contributed by atoms with E-state index in [9.17, 15) is 0 Å². The van der Waals surface area contributed by atoms with Crippen LogP contribution in [0, 0.1) is 0 Å². The Balaban J connectivity index is 2.79. The Hall–Kier alpha value is -0.830. The number of fused-ring (bicyclic) bond motifs is 1. The summed E-state index contributed by atoms with van der Waals surface area (Å²) in [6.07, 6.45) is 3.41. The van der Waals surface area contributed by atoms with E-state index in [1.807, 2.05) is 12.1 Å². The molecule has 0 saturated heterocycles. The van der Waals surface area contributed by atoms with E-state index < -0.39 is 0 Å². The third-order valence-corrected chi connectivity index (χ3v) is 2.21. The smallest absolute Gasteiger partial charge is 0.226 e. The van der Waals surface area contributed by atoms with Gasteiger partial charge in [-0.25, -0.2) is 4.98 Å². The molecule has 0 aliphatic carbocycles. The van der Waals surface area contributed by atoms with Gasteiger partial charge in [0.2, 0.25) is 5.71 Å². The lowest BCUT2D eigenvalue weighted by Crippen LogP contribution is -1.79. The van der Waals surface area contributed by atoms with Crippen LogP contribution in [0.2, 0.25) is 0 Å². The minimum absolute atomic E-state index is 0.710. The lowest BCUT2D eigenvalue weighted by Gasteiger charge is -1.93. The number of alkyl halides is 1. The molecule has 0 atom stereocenters. The Morgan fingerprint density at radius 3 is 3.18 bits per heavy atom. The second kappa shape index (κ2) is 2.66. The number of pyridine rings is 1. The van der Waals surface area contributed by atoms with Crippen LogP contribution >= 0.6 is 15.9 Å². The summed E-state index contributed by atoms with van der Waals surface area (Å²) in [5, 5.41) is 1.93. The number of hydrogen-bond acceptors (Lipinski definition) is 2. The summed E-state index contributed by atoms with van der Waals surface area (Å²) < 4.78 is 5.13. The summed E-state index contributed by atoms with van der Waals surface area (Å²) in [7, 11) is 0. The first-order valence-electron chi connectivity index (χ1n) is 3.29. The van der Waals surface area contributed by atoms with Gasteiger partial charge in [-0.05, 0) is 17.7 Å². The van der Waals surface area contributed by atoms with E-state index in [2.05, 4.69) is 20.9 Å². The van der Waals surface area contributed by atoms with E-state index in [0.717, 1.165) is 10.7 Å². The van der Waals surface area contributed by atoms with Gasteiger partial charge < -0.3 is 4.42 Å². The molecular weight excluding hydrogens is 206 g/mol. The number of nitrogens with zero attached hydrogens (tertiary/aromatic N) is 1. The van der Waals surface area contributed by atoms with E-state index in [0.29, 0.717) is 5.71 Å². The van der Waals surface area contributed by atoms with Gasteiger partial charge in [-0.1, -0.05) is 15.9 Å². The van der Waals surface area contributed by atoms with E-state index in [4.69, 9.17) is 4.42 Å². The van der Waals surface area contributed by atoms with Crippen LogP contribution in [0.4, 0.5) is 0 Å². The van der Waals surface area contributed by atoms with Crippen molar-refractivity contribution in [3.05, 3.63) is 30.2 Å². The lowest BCUT2D eigenvalue weighted by atomic mass is 10.2. The molecule has 56 valence electrons. The monoisotopic (exact) mass is 211 g/mol. The highest BCUT2D eigenvalue weighted by atomic mass is 79.9. The number of furan rings is 1. The molecule has 2 rings (SSSR count). The van der Waals surface area contributed by atoms with Gasteiger partial charge in [-0.2, -0.15) is 0 Å². The number of aromatic nitrogens is 1. The first-order chi connectivity index (χ1) is 5.42. The van der Waals surface area contributed by atoms with Gasteiger partial charge in [0.25, 0.3) is 0 Å². The molecular formula is C8H6BrNO. The predicted octanol–water partition coefficient (Wildman–Crippen LogP) is 2.72. The van der Waals surface area contributed by atoms with Crippen molar-refractivity contribution in [2.75, 3.05) is 0 Å². The number of rotatable bonds is 1. The zero-order valence-corrected chi connectivity index (χ0v) is 7.34. The van der Waals surface area contributed by atoms with Crippen molar-refractivity contribution in [2.24, 2.45) is 0 Å². The van der Waals surface area contributed by atoms with Crippen molar-refractivity contribution >= 4 is 27.0 Å². The van der Waals surface area contributed by atoms with Gasteiger partial charge in [-0.15, -0.1) is 0 Å². The molecule has 0 aromatic carbocycles. The molecule has 0 bridgehead atoms. The van der Waals surface area contributed by atoms with Crippen molar-refractivity contribution in [2.45, 2.75) is 5.33 Å². The summed E-state index contributed by atoms with van der Waals surface area (Å²) in [5.41, 5.74) is 1.92. The maximum Gasteiger partial charge on any atom is 0.226 e.